The van der Waals surface area contributed by atoms with E-state index < -0.39 is 12.1 Å². The molecule has 0 aromatic rings. The molecule has 1 saturated heterocycles. The maximum atomic E-state index is 10.6. The van der Waals surface area contributed by atoms with Crippen LogP contribution in [0.3, 0.4) is 0 Å². The van der Waals surface area contributed by atoms with Crippen molar-refractivity contribution in [3.05, 3.63) is 0 Å². The van der Waals surface area contributed by atoms with Crippen LogP contribution in [0.2, 0.25) is 0 Å². The smallest absolute Gasteiger partial charge is 0.475 e. The summed E-state index contributed by atoms with van der Waals surface area (Å²) >= 11 is 0. The number of carboxylic acids is 1. The number of nitrogens with two attached hydrogens (primary N) is 1. The lowest BCUT2D eigenvalue weighted by Gasteiger charge is -2.54. The zero-order valence-corrected chi connectivity index (χ0v) is 8.68. The molecule has 1 spiro atoms. The Labute approximate surface area is 91.0 Å². The Kier molecular flexibility index (Phi) is 3.80. The van der Waals surface area contributed by atoms with Gasteiger partial charge in [0.15, 0.2) is 0 Å². The first kappa shape index (κ1) is 13.2. The van der Waals surface area contributed by atoms with E-state index in [1.165, 1.54) is 25.9 Å². The second-order valence-electron chi connectivity index (χ2n) is 4.42. The number of hydrogen-bond donors (Lipinski definition) is 3. The quantitative estimate of drug-likeness (QED) is 0.626. The predicted molar refractivity (Wildman–Crippen MR) is 50.8 cm³/mol. The van der Waals surface area contributed by atoms with Crippen molar-refractivity contribution >= 4 is 5.97 Å². The van der Waals surface area contributed by atoms with Gasteiger partial charge in [0.05, 0.1) is 0 Å². The van der Waals surface area contributed by atoms with Gasteiger partial charge in [-0.1, -0.05) is 0 Å². The second kappa shape index (κ2) is 4.58. The lowest BCUT2D eigenvalue weighted by atomic mass is 9.59. The van der Waals surface area contributed by atoms with E-state index in [9.17, 15) is 13.2 Å². The maximum Gasteiger partial charge on any atom is 0.490 e. The fourth-order valence-electron chi connectivity index (χ4n) is 2.10. The molecule has 2 fully saturated rings. The first-order chi connectivity index (χ1) is 7.29. The standard InChI is InChI=1S/C7H14N2.C2HF3O2/c8-3-6-1-7(2-6)4-9-5-7;3-2(4,5)1(6)7/h6,9H,1-5,8H2;(H,6,7). The summed E-state index contributed by atoms with van der Waals surface area (Å²) in [5.41, 5.74) is 6.24. The average Bonchev–Trinajstić information content (AvgIpc) is 1.98. The highest BCUT2D eigenvalue weighted by molar-refractivity contribution is 5.73. The molecule has 1 aliphatic carbocycles. The van der Waals surface area contributed by atoms with Crippen LogP contribution in [-0.4, -0.2) is 36.9 Å². The van der Waals surface area contributed by atoms with Crippen molar-refractivity contribution in [2.45, 2.75) is 19.0 Å². The normalized spacial score (nSPS) is 22.8. The second-order valence-corrected chi connectivity index (χ2v) is 4.42. The zero-order valence-electron chi connectivity index (χ0n) is 8.68. The summed E-state index contributed by atoms with van der Waals surface area (Å²) in [7, 11) is 0. The van der Waals surface area contributed by atoms with Crippen LogP contribution in [0.5, 0.6) is 0 Å². The van der Waals surface area contributed by atoms with Crippen molar-refractivity contribution in [1.82, 2.24) is 5.32 Å². The van der Waals surface area contributed by atoms with Crippen LogP contribution in [0.25, 0.3) is 0 Å². The highest BCUT2D eigenvalue weighted by atomic mass is 19.4. The van der Waals surface area contributed by atoms with Gasteiger partial charge in [0.2, 0.25) is 0 Å². The molecule has 0 aromatic heterocycles. The van der Waals surface area contributed by atoms with E-state index >= 15 is 0 Å². The molecular weight excluding hydrogens is 225 g/mol. The molecule has 1 aliphatic heterocycles. The molecule has 0 aromatic carbocycles. The predicted octanol–water partition coefficient (Wildman–Crippen LogP) is 0.578. The van der Waals surface area contributed by atoms with Gasteiger partial charge in [-0.3, -0.25) is 0 Å². The summed E-state index contributed by atoms with van der Waals surface area (Å²) in [6.45, 7) is 3.41. The molecule has 7 heteroatoms. The summed E-state index contributed by atoms with van der Waals surface area (Å²) in [6.07, 6.45) is -2.31. The maximum absolute atomic E-state index is 10.6. The first-order valence-corrected chi connectivity index (χ1v) is 5.00. The summed E-state index contributed by atoms with van der Waals surface area (Å²) in [5.74, 6) is -1.90. The molecule has 2 aliphatic rings. The van der Waals surface area contributed by atoms with Crippen LogP contribution < -0.4 is 11.1 Å². The highest BCUT2D eigenvalue weighted by Gasteiger charge is 2.47. The molecular formula is C9H15F3N2O2. The van der Waals surface area contributed by atoms with Gasteiger partial charge in [-0.05, 0) is 30.7 Å². The van der Waals surface area contributed by atoms with Gasteiger partial charge in [0.1, 0.15) is 0 Å². The molecule has 4 N–H and O–H groups in total. The molecule has 1 saturated carbocycles. The van der Waals surface area contributed by atoms with Crippen LogP contribution in [-0.2, 0) is 4.79 Å². The van der Waals surface area contributed by atoms with Crippen molar-refractivity contribution < 1.29 is 23.1 Å². The average molecular weight is 240 g/mol. The number of carbonyl (C=O) groups is 1. The lowest BCUT2D eigenvalue weighted by Crippen LogP contribution is -2.61. The van der Waals surface area contributed by atoms with Crippen molar-refractivity contribution in [1.29, 1.82) is 0 Å². The summed E-state index contributed by atoms with van der Waals surface area (Å²) in [6, 6.07) is 0. The Hall–Kier alpha value is -0.820. The molecule has 94 valence electrons. The Morgan fingerprint density at radius 2 is 1.88 bits per heavy atom. The number of hydrogen-bond acceptors (Lipinski definition) is 3. The summed E-state index contributed by atoms with van der Waals surface area (Å²) in [5, 5.41) is 10.4. The van der Waals surface area contributed by atoms with Gasteiger partial charge in [-0.15, -0.1) is 0 Å². The third-order valence-corrected chi connectivity index (χ3v) is 3.02. The van der Waals surface area contributed by atoms with Crippen molar-refractivity contribution in [2.75, 3.05) is 19.6 Å². The zero-order chi connectivity index (χ0) is 12.4. The largest absolute Gasteiger partial charge is 0.490 e. The fraction of sp³-hybridized carbons (Fsp3) is 0.889. The third-order valence-electron chi connectivity index (χ3n) is 3.02. The van der Waals surface area contributed by atoms with Crippen LogP contribution >= 0.6 is 0 Å². The number of carboxylic acid groups (broad SMARTS) is 1. The number of aliphatic carboxylic acids is 1. The fourth-order valence-corrected chi connectivity index (χ4v) is 2.10. The molecule has 0 unspecified atom stereocenters. The van der Waals surface area contributed by atoms with E-state index in [4.69, 9.17) is 15.6 Å². The van der Waals surface area contributed by atoms with Gasteiger partial charge >= 0.3 is 12.1 Å². The number of halogens is 3. The van der Waals surface area contributed by atoms with E-state index in [0.717, 1.165) is 17.9 Å². The van der Waals surface area contributed by atoms with Gasteiger partial charge in [0, 0.05) is 13.1 Å². The van der Waals surface area contributed by atoms with Gasteiger partial charge in [-0.2, -0.15) is 13.2 Å². The molecule has 0 bridgehead atoms. The Balaban J connectivity index is 0.000000168. The van der Waals surface area contributed by atoms with E-state index in [1.807, 2.05) is 0 Å². The van der Waals surface area contributed by atoms with Crippen molar-refractivity contribution in [3.8, 4) is 0 Å². The monoisotopic (exact) mass is 240 g/mol. The van der Waals surface area contributed by atoms with Crippen LogP contribution in [0, 0.1) is 11.3 Å². The van der Waals surface area contributed by atoms with Gasteiger partial charge in [-0.25, -0.2) is 4.79 Å². The molecule has 0 radical (unpaired) electrons. The van der Waals surface area contributed by atoms with E-state index in [1.54, 1.807) is 0 Å². The number of alkyl halides is 3. The summed E-state index contributed by atoms with van der Waals surface area (Å²) in [4.78, 5) is 8.90. The van der Waals surface area contributed by atoms with E-state index in [0.29, 0.717) is 0 Å². The summed E-state index contributed by atoms with van der Waals surface area (Å²) < 4.78 is 31.7. The van der Waals surface area contributed by atoms with E-state index in [2.05, 4.69) is 5.32 Å². The van der Waals surface area contributed by atoms with Gasteiger partial charge in [0.25, 0.3) is 0 Å². The van der Waals surface area contributed by atoms with Crippen molar-refractivity contribution in [2.24, 2.45) is 17.1 Å². The number of rotatable bonds is 1. The topological polar surface area (TPSA) is 75.3 Å². The highest BCUT2D eigenvalue weighted by Crippen LogP contribution is 2.47. The Morgan fingerprint density at radius 1 is 1.44 bits per heavy atom. The van der Waals surface area contributed by atoms with Crippen LogP contribution in [0.1, 0.15) is 12.8 Å². The minimum absolute atomic E-state index is 0.726. The molecule has 2 rings (SSSR count). The number of nitrogens with one attached hydrogen (secondary N) is 1. The molecule has 0 atom stereocenters. The van der Waals surface area contributed by atoms with Crippen LogP contribution in [0.15, 0.2) is 0 Å². The van der Waals surface area contributed by atoms with E-state index in [-0.39, 0.29) is 0 Å². The molecule has 1 heterocycles. The Morgan fingerprint density at radius 3 is 2.06 bits per heavy atom. The SMILES string of the molecule is NCC1CC2(CNC2)C1.O=C(O)C(F)(F)F. The van der Waals surface area contributed by atoms with Gasteiger partial charge < -0.3 is 16.2 Å². The Bertz CT molecular complexity index is 256. The minimum atomic E-state index is -5.08. The molecule has 16 heavy (non-hydrogen) atoms. The minimum Gasteiger partial charge on any atom is -0.475 e. The third kappa shape index (κ3) is 3.08. The lowest BCUT2D eigenvalue weighted by molar-refractivity contribution is -0.192. The van der Waals surface area contributed by atoms with Crippen molar-refractivity contribution in [3.63, 3.8) is 0 Å². The molecule has 0 amide bonds. The molecule has 4 nitrogen and oxygen atoms in total. The first-order valence-electron chi connectivity index (χ1n) is 5.00. The van der Waals surface area contributed by atoms with Crippen LogP contribution in [0.4, 0.5) is 13.2 Å².